The minimum atomic E-state index is -3.57. The molecule has 3 aromatic carbocycles. The first-order valence-electron chi connectivity index (χ1n) is 10.4. The van der Waals surface area contributed by atoms with E-state index in [1.54, 1.807) is 11.8 Å². The summed E-state index contributed by atoms with van der Waals surface area (Å²) in [6, 6.07) is 22.2. The van der Waals surface area contributed by atoms with Crippen LogP contribution in [0.25, 0.3) is 0 Å². The lowest BCUT2D eigenvalue weighted by molar-refractivity contribution is 0.158. The smallest absolute Gasteiger partial charge is 0.229 e. The van der Waals surface area contributed by atoms with Crippen molar-refractivity contribution in [2.24, 2.45) is 0 Å². The Morgan fingerprint density at radius 3 is 2.27 bits per heavy atom. The molecule has 0 unspecified atom stereocenters. The molecule has 3 aromatic rings. The first-order valence-corrected chi connectivity index (χ1v) is 13.1. The molecule has 3 rings (SSSR count). The number of benzene rings is 3. The Bertz CT molecular complexity index is 1140. The molecule has 0 heterocycles. The largest absolute Gasteiger partial charge is 0.506 e. The van der Waals surface area contributed by atoms with Crippen LogP contribution < -0.4 is 10.0 Å². The topological polar surface area (TPSA) is 119 Å². The number of rotatable bonds is 11. The van der Waals surface area contributed by atoms with E-state index in [9.17, 15) is 23.7 Å². The molecule has 0 spiro atoms. The van der Waals surface area contributed by atoms with Crippen LogP contribution in [-0.4, -0.2) is 49.2 Å². The van der Waals surface area contributed by atoms with Crippen LogP contribution in [0.15, 0.2) is 82.6 Å². The van der Waals surface area contributed by atoms with Crippen molar-refractivity contribution in [3.8, 4) is 5.75 Å². The molecule has 0 aliphatic heterocycles. The quantitative estimate of drug-likeness (QED) is 0.263. The molecule has 0 aromatic heterocycles. The molecule has 2 atom stereocenters. The Labute approximate surface area is 198 Å². The molecule has 0 bridgehead atoms. The van der Waals surface area contributed by atoms with Crippen LogP contribution in [0.1, 0.15) is 17.2 Å². The average molecular weight is 489 g/mol. The SMILES string of the molecule is CS(=O)(=O)Nc1cc([C@@H](O)CN[C@H](CO)Cc2ccc(Sc3ccccc3)cc2)ccc1O. The van der Waals surface area contributed by atoms with Gasteiger partial charge in [0.1, 0.15) is 5.75 Å². The van der Waals surface area contributed by atoms with Gasteiger partial charge < -0.3 is 20.6 Å². The molecule has 5 N–H and O–H groups in total. The van der Waals surface area contributed by atoms with E-state index in [1.165, 1.54) is 23.1 Å². The van der Waals surface area contributed by atoms with Crippen LogP contribution in [-0.2, 0) is 16.4 Å². The third-order valence-electron chi connectivity index (χ3n) is 4.91. The summed E-state index contributed by atoms with van der Waals surface area (Å²) in [5.74, 6) is -0.230. The van der Waals surface area contributed by atoms with E-state index in [0.29, 0.717) is 12.0 Å². The average Bonchev–Trinajstić information content (AvgIpc) is 2.79. The fourth-order valence-electron chi connectivity index (χ4n) is 3.24. The van der Waals surface area contributed by atoms with Gasteiger partial charge in [-0.2, -0.15) is 0 Å². The minimum Gasteiger partial charge on any atom is -0.506 e. The molecule has 0 saturated carbocycles. The van der Waals surface area contributed by atoms with E-state index in [0.717, 1.165) is 16.7 Å². The number of aromatic hydroxyl groups is 1. The van der Waals surface area contributed by atoms with Crippen molar-refractivity contribution in [1.82, 2.24) is 5.32 Å². The highest BCUT2D eigenvalue weighted by Gasteiger charge is 2.15. The molecule has 0 amide bonds. The predicted octanol–water partition coefficient (Wildman–Crippen LogP) is 3.14. The van der Waals surface area contributed by atoms with Crippen molar-refractivity contribution in [2.45, 2.75) is 28.4 Å². The van der Waals surface area contributed by atoms with Crippen LogP contribution in [0.4, 0.5) is 5.69 Å². The first kappa shape index (κ1) is 25.1. The fourth-order valence-corrected chi connectivity index (χ4v) is 4.64. The van der Waals surface area contributed by atoms with E-state index in [2.05, 4.69) is 22.2 Å². The lowest BCUT2D eigenvalue weighted by atomic mass is 10.0. The van der Waals surface area contributed by atoms with Crippen molar-refractivity contribution >= 4 is 27.5 Å². The maximum atomic E-state index is 11.4. The molecule has 0 aliphatic rings. The molecule has 0 radical (unpaired) electrons. The van der Waals surface area contributed by atoms with Gasteiger partial charge in [0.25, 0.3) is 0 Å². The number of hydrogen-bond donors (Lipinski definition) is 5. The summed E-state index contributed by atoms with van der Waals surface area (Å²) in [5, 5.41) is 33.3. The van der Waals surface area contributed by atoms with E-state index < -0.39 is 16.1 Å². The summed E-state index contributed by atoms with van der Waals surface area (Å²) >= 11 is 1.68. The molecule has 176 valence electrons. The second-order valence-corrected chi connectivity index (χ2v) is 10.6. The molecular weight excluding hydrogens is 460 g/mol. The molecule has 7 nitrogen and oxygen atoms in total. The summed E-state index contributed by atoms with van der Waals surface area (Å²) in [7, 11) is -3.57. The van der Waals surface area contributed by atoms with Crippen molar-refractivity contribution < 1.29 is 23.7 Å². The standard InChI is InChI=1S/C24H28N2O5S2/c1-33(30,31)26-22-14-18(9-12-23(22)28)24(29)15-25-19(16-27)13-17-7-10-21(11-8-17)32-20-5-3-2-4-6-20/h2-12,14,19,24-29H,13,15-16H2,1H3/t19-,24-/m0/s1. The van der Waals surface area contributed by atoms with E-state index in [1.807, 2.05) is 42.5 Å². The second kappa shape index (κ2) is 11.5. The summed E-state index contributed by atoms with van der Waals surface area (Å²) in [6.07, 6.45) is 0.607. The normalized spacial score (nSPS) is 13.4. The number of phenolic OH excluding ortho intramolecular Hbond substituents is 1. The minimum absolute atomic E-state index is 0.00113. The molecule has 0 fully saturated rings. The van der Waals surface area contributed by atoms with Crippen molar-refractivity contribution in [3.63, 3.8) is 0 Å². The lowest BCUT2D eigenvalue weighted by Crippen LogP contribution is -2.37. The number of aliphatic hydroxyl groups is 2. The fraction of sp³-hybridized carbons (Fsp3) is 0.250. The lowest BCUT2D eigenvalue weighted by Gasteiger charge is -2.20. The number of hydrogen-bond acceptors (Lipinski definition) is 7. The van der Waals surface area contributed by atoms with Gasteiger partial charge in [-0.25, -0.2) is 8.42 Å². The first-order chi connectivity index (χ1) is 15.7. The van der Waals surface area contributed by atoms with Gasteiger partial charge in [0.2, 0.25) is 10.0 Å². The highest BCUT2D eigenvalue weighted by atomic mass is 32.2. The summed E-state index contributed by atoms with van der Waals surface area (Å²) in [5.41, 5.74) is 1.49. The highest BCUT2D eigenvalue weighted by Crippen LogP contribution is 2.29. The number of anilines is 1. The zero-order valence-electron chi connectivity index (χ0n) is 18.2. The maximum absolute atomic E-state index is 11.4. The van der Waals surface area contributed by atoms with Gasteiger partial charge in [0, 0.05) is 22.4 Å². The monoisotopic (exact) mass is 488 g/mol. The van der Waals surface area contributed by atoms with Gasteiger partial charge >= 0.3 is 0 Å². The Morgan fingerprint density at radius 1 is 0.970 bits per heavy atom. The van der Waals surface area contributed by atoms with Crippen molar-refractivity contribution in [1.29, 1.82) is 0 Å². The maximum Gasteiger partial charge on any atom is 0.229 e. The second-order valence-electron chi connectivity index (χ2n) is 7.72. The Hall–Kier alpha value is -2.56. The summed E-state index contributed by atoms with van der Waals surface area (Å²) in [6.45, 7) is 0.0416. The third-order valence-corrected chi connectivity index (χ3v) is 6.51. The number of sulfonamides is 1. The molecular formula is C24H28N2O5S2. The summed E-state index contributed by atoms with van der Waals surface area (Å²) < 4.78 is 25.1. The third kappa shape index (κ3) is 8.06. The van der Waals surface area contributed by atoms with E-state index in [-0.39, 0.29) is 30.6 Å². The highest BCUT2D eigenvalue weighted by molar-refractivity contribution is 7.99. The zero-order valence-corrected chi connectivity index (χ0v) is 19.8. The van der Waals surface area contributed by atoms with Crippen LogP contribution in [0.5, 0.6) is 5.75 Å². The van der Waals surface area contributed by atoms with Crippen molar-refractivity contribution in [3.05, 3.63) is 83.9 Å². The Morgan fingerprint density at radius 2 is 1.64 bits per heavy atom. The van der Waals surface area contributed by atoms with Crippen molar-refractivity contribution in [2.75, 3.05) is 24.1 Å². The molecule has 0 aliphatic carbocycles. The van der Waals surface area contributed by atoms with Gasteiger partial charge in [-0.05, 0) is 53.9 Å². The Kier molecular flexibility index (Phi) is 8.76. The number of phenols is 1. The van der Waals surface area contributed by atoms with E-state index >= 15 is 0 Å². The van der Waals surface area contributed by atoms with Crippen LogP contribution in [0, 0.1) is 0 Å². The Balaban J connectivity index is 1.56. The van der Waals surface area contributed by atoms with Gasteiger partial charge in [0.15, 0.2) is 0 Å². The van der Waals surface area contributed by atoms with Gasteiger partial charge in [-0.1, -0.05) is 48.2 Å². The molecule has 9 heteroatoms. The van der Waals surface area contributed by atoms with Gasteiger partial charge in [0.05, 0.1) is 24.7 Å². The predicted molar refractivity (Wildman–Crippen MR) is 131 cm³/mol. The number of aliphatic hydroxyl groups excluding tert-OH is 2. The van der Waals surface area contributed by atoms with Gasteiger partial charge in [-0.15, -0.1) is 0 Å². The van der Waals surface area contributed by atoms with Gasteiger partial charge in [-0.3, -0.25) is 4.72 Å². The van der Waals surface area contributed by atoms with Crippen LogP contribution >= 0.6 is 11.8 Å². The molecule has 33 heavy (non-hydrogen) atoms. The van der Waals surface area contributed by atoms with Crippen LogP contribution in [0.2, 0.25) is 0 Å². The zero-order chi connectivity index (χ0) is 23.8. The molecule has 0 saturated heterocycles. The van der Waals surface area contributed by atoms with Crippen LogP contribution in [0.3, 0.4) is 0 Å². The van der Waals surface area contributed by atoms with E-state index in [4.69, 9.17) is 0 Å². The number of nitrogens with one attached hydrogen (secondary N) is 2. The summed E-state index contributed by atoms with van der Waals surface area (Å²) in [4.78, 5) is 2.29.